The monoisotopic (exact) mass is 296 g/mol. The Kier molecular flexibility index (Phi) is 4.00. The molecule has 1 aliphatic rings. The molecule has 2 aromatic carbocycles. The average molecular weight is 296 g/mol. The van der Waals surface area contributed by atoms with Crippen molar-refractivity contribution in [2.45, 2.75) is 25.8 Å². The first-order valence-electron chi connectivity index (χ1n) is 7.39. The summed E-state index contributed by atoms with van der Waals surface area (Å²) in [4.78, 5) is 12.2. The minimum absolute atomic E-state index is 0.0275. The van der Waals surface area contributed by atoms with Crippen LogP contribution in [0.25, 0.3) is 0 Å². The molecule has 0 N–H and O–H groups in total. The van der Waals surface area contributed by atoms with Gasteiger partial charge in [-0.25, -0.2) is 9.40 Å². The summed E-state index contributed by atoms with van der Waals surface area (Å²) < 4.78 is 13.1. The molecule has 0 saturated carbocycles. The molecule has 0 radical (unpaired) electrons. The fourth-order valence-electron chi connectivity index (χ4n) is 2.65. The van der Waals surface area contributed by atoms with E-state index in [2.05, 4.69) is 5.10 Å². The van der Waals surface area contributed by atoms with Gasteiger partial charge in [0, 0.05) is 12.8 Å². The van der Waals surface area contributed by atoms with Gasteiger partial charge < -0.3 is 0 Å². The summed E-state index contributed by atoms with van der Waals surface area (Å²) in [5, 5.41) is 6.05. The van der Waals surface area contributed by atoms with Crippen LogP contribution in [0.3, 0.4) is 0 Å². The van der Waals surface area contributed by atoms with E-state index >= 15 is 0 Å². The van der Waals surface area contributed by atoms with E-state index in [1.165, 1.54) is 17.1 Å². The SMILES string of the molecule is CCC(=O)N1N=C(c2ccccc2)C[C@H]1c1ccc(F)cc1. The number of halogens is 1. The van der Waals surface area contributed by atoms with Crippen LogP contribution >= 0.6 is 0 Å². The molecular formula is C18H17FN2O. The van der Waals surface area contributed by atoms with Crippen LogP contribution in [-0.2, 0) is 4.79 Å². The second kappa shape index (κ2) is 6.10. The maximum Gasteiger partial charge on any atom is 0.242 e. The van der Waals surface area contributed by atoms with Crippen molar-refractivity contribution in [3.63, 3.8) is 0 Å². The van der Waals surface area contributed by atoms with Crippen LogP contribution in [0, 0.1) is 5.82 Å². The number of carbonyl (C=O) groups is 1. The zero-order valence-electron chi connectivity index (χ0n) is 12.4. The number of benzene rings is 2. The summed E-state index contributed by atoms with van der Waals surface area (Å²) >= 11 is 0. The smallest absolute Gasteiger partial charge is 0.242 e. The Labute approximate surface area is 129 Å². The van der Waals surface area contributed by atoms with Crippen molar-refractivity contribution in [3.8, 4) is 0 Å². The van der Waals surface area contributed by atoms with E-state index < -0.39 is 0 Å². The lowest BCUT2D eigenvalue weighted by atomic mass is 9.98. The van der Waals surface area contributed by atoms with Crippen LogP contribution in [0.15, 0.2) is 59.7 Å². The molecular weight excluding hydrogens is 279 g/mol. The number of amides is 1. The Hall–Kier alpha value is -2.49. The number of hydrazone groups is 1. The van der Waals surface area contributed by atoms with Crippen LogP contribution in [0.4, 0.5) is 4.39 Å². The summed E-state index contributed by atoms with van der Waals surface area (Å²) in [6.45, 7) is 1.82. The lowest BCUT2D eigenvalue weighted by Gasteiger charge is -2.21. The quantitative estimate of drug-likeness (QED) is 0.845. The van der Waals surface area contributed by atoms with Crippen LogP contribution in [0.5, 0.6) is 0 Å². The van der Waals surface area contributed by atoms with Gasteiger partial charge in [-0.1, -0.05) is 49.4 Å². The summed E-state index contributed by atoms with van der Waals surface area (Å²) in [5.41, 5.74) is 2.80. The van der Waals surface area contributed by atoms with Gasteiger partial charge in [0.1, 0.15) is 5.82 Å². The predicted octanol–water partition coefficient (Wildman–Crippen LogP) is 3.91. The summed E-state index contributed by atoms with van der Waals surface area (Å²) in [7, 11) is 0. The van der Waals surface area contributed by atoms with Crippen LogP contribution < -0.4 is 0 Å². The zero-order valence-corrected chi connectivity index (χ0v) is 12.4. The molecule has 0 saturated heterocycles. The van der Waals surface area contributed by atoms with Crippen molar-refractivity contribution >= 4 is 11.6 Å². The Morgan fingerprint density at radius 2 is 1.86 bits per heavy atom. The second-order valence-corrected chi connectivity index (χ2v) is 5.28. The van der Waals surface area contributed by atoms with Gasteiger partial charge >= 0.3 is 0 Å². The molecule has 2 aromatic rings. The van der Waals surface area contributed by atoms with E-state index in [4.69, 9.17) is 0 Å². The van der Waals surface area contributed by atoms with Gasteiger partial charge in [0.2, 0.25) is 5.91 Å². The van der Waals surface area contributed by atoms with E-state index in [0.717, 1.165) is 16.8 Å². The third-order valence-electron chi connectivity index (χ3n) is 3.83. The van der Waals surface area contributed by atoms with Crippen molar-refractivity contribution in [2.75, 3.05) is 0 Å². The second-order valence-electron chi connectivity index (χ2n) is 5.28. The molecule has 0 aromatic heterocycles. The molecule has 1 atom stereocenters. The molecule has 0 spiro atoms. The largest absolute Gasteiger partial charge is 0.273 e. The van der Waals surface area contributed by atoms with Gasteiger partial charge in [0.25, 0.3) is 0 Å². The van der Waals surface area contributed by atoms with Crippen molar-refractivity contribution in [2.24, 2.45) is 5.10 Å². The lowest BCUT2D eigenvalue weighted by molar-refractivity contribution is -0.132. The number of carbonyl (C=O) groups excluding carboxylic acids is 1. The average Bonchev–Trinajstić information content (AvgIpc) is 3.01. The zero-order chi connectivity index (χ0) is 15.5. The molecule has 0 bridgehead atoms. The first kappa shape index (κ1) is 14.4. The minimum atomic E-state index is -0.278. The van der Waals surface area contributed by atoms with E-state index in [0.29, 0.717) is 12.8 Å². The molecule has 4 heteroatoms. The van der Waals surface area contributed by atoms with Gasteiger partial charge in [-0.2, -0.15) is 5.10 Å². The van der Waals surface area contributed by atoms with E-state index in [-0.39, 0.29) is 17.8 Å². The maximum absolute atomic E-state index is 13.1. The Bertz CT molecular complexity index is 695. The highest BCUT2D eigenvalue weighted by Gasteiger charge is 2.32. The fourth-order valence-corrected chi connectivity index (χ4v) is 2.65. The highest BCUT2D eigenvalue weighted by atomic mass is 19.1. The Balaban J connectivity index is 1.94. The third-order valence-corrected chi connectivity index (χ3v) is 3.83. The first-order valence-corrected chi connectivity index (χ1v) is 7.39. The molecule has 22 heavy (non-hydrogen) atoms. The topological polar surface area (TPSA) is 32.7 Å². The van der Waals surface area contributed by atoms with E-state index in [1.54, 1.807) is 12.1 Å². The van der Waals surface area contributed by atoms with Gasteiger partial charge in [0.05, 0.1) is 11.8 Å². The van der Waals surface area contributed by atoms with Crippen LogP contribution in [0.1, 0.15) is 36.9 Å². The standard InChI is InChI=1S/C18H17FN2O/c1-2-18(22)21-17(14-8-10-15(19)11-9-14)12-16(20-21)13-6-4-3-5-7-13/h3-11,17H,2,12H2,1H3/t17-/m0/s1. The highest BCUT2D eigenvalue weighted by molar-refractivity contribution is 6.03. The molecule has 3 rings (SSSR count). The normalized spacial score (nSPS) is 17.5. The third kappa shape index (κ3) is 2.77. The van der Waals surface area contributed by atoms with Crippen molar-refractivity contribution < 1.29 is 9.18 Å². The van der Waals surface area contributed by atoms with Crippen molar-refractivity contribution in [1.82, 2.24) is 5.01 Å². The Morgan fingerprint density at radius 1 is 1.18 bits per heavy atom. The Morgan fingerprint density at radius 3 is 2.50 bits per heavy atom. The molecule has 1 aliphatic heterocycles. The molecule has 1 amide bonds. The molecule has 1 heterocycles. The minimum Gasteiger partial charge on any atom is -0.273 e. The van der Waals surface area contributed by atoms with Crippen molar-refractivity contribution in [1.29, 1.82) is 0 Å². The van der Waals surface area contributed by atoms with Gasteiger partial charge in [-0.05, 0) is 23.3 Å². The summed E-state index contributed by atoms with van der Waals surface area (Å²) in [6, 6.07) is 16.0. The predicted molar refractivity (Wildman–Crippen MR) is 83.9 cm³/mol. The number of hydrogen-bond acceptors (Lipinski definition) is 2. The summed E-state index contributed by atoms with van der Waals surface area (Å²) in [5.74, 6) is -0.306. The molecule has 0 aliphatic carbocycles. The van der Waals surface area contributed by atoms with Gasteiger partial charge in [-0.3, -0.25) is 4.79 Å². The van der Waals surface area contributed by atoms with E-state index in [1.807, 2.05) is 37.3 Å². The van der Waals surface area contributed by atoms with Crippen LogP contribution in [-0.4, -0.2) is 16.6 Å². The molecule has 3 nitrogen and oxygen atoms in total. The molecule has 0 fully saturated rings. The van der Waals surface area contributed by atoms with Gasteiger partial charge in [0.15, 0.2) is 0 Å². The van der Waals surface area contributed by atoms with Gasteiger partial charge in [-0.15, -0.1) is 0 Å². The first-order chi connectivity index (χ1) is 10.7. The maximum atomic E-state index is 13.1. The van der Waals surface area contributed by atoms with E-state index in [9.17, 15) is 9.18 Å². The highest BCUT2D eigenvalue weighted by Crippen LogP contribution is 2.33. The fraction of sp³-hybridized carbons (Fsp3) is 0.222. The number of nitrogens with zero attached hydrogens (tertiary/aromatic N) is 2. The molecule has 0 unspecified atom stereocenters. The number of rotatable bonds is 3. The molecule has 112 valence electrons. The summed E-state index contributed by atoms with van der Waals surface area (Å²) in [6.07, 6.45) is 1.03. The number of hydrogen-bond donors (Lipinski definition) is 0. The van der Waals surface area contributed by atoms with Crippen molar-refractivity contribution in [3.05, 3.63) is 71.5 Å². The van der Waals surface area contributed by atoms with Crippen LogP contribution in [0.2, 0.25) is 0 Å². The lowest BCUT2D eigenvalue weighted by Crippen LogP contribution is -2.26.